The van der Waals surface area contributed by atoms with Crippen molar-refractivity contribution in [3.05, 3.63) is 58.6 Å². The molecule has 0 radical (unpaired) electrons. The third kappa shape index (κ3) is 3.14. The van der Waals surface area contributed by atoms with Gasteiger partial charge in [-0.05, 0) is 36.2 Å². The minimum atomic E-state index is -4.38. The number of hydrogen-bond acceptors (Lipinski definition) is 1. The normalized spacial score (nSPS) is 13.3. The number of hydrogen-bond donors (Lipinski definition) is 1. The van der Waals surface area contributed by atoms with Crippen LogP contribution in [0.5, 0.6) is 0 Å². The van der Waals surface area contributed by atoms with E-state index in [4.69, 9.17) is 17.3 Å². The Morgan fingerprint density at radius 3 is 2.15 bits per heavy atom. The molecule has 0 heterocycles. The van der Waals surface area contributed by atoms with Gasteiger partial charge in [0.25, 0.3) is 0 Å². The summed E-state index contributed by atoms with van der Waals surface area (Å²) in [5, 5.41) is 0.284. The third-order valence-electron chi connectivity index (χ3n) is 3.04. The standard InChI is InChI=1S/C15H13ClF3N/c1-9(20)10-2-4-11(5-3-10)13-8-12(15(17,18)19)6-7-14(13)16/h2-9H,20H2,1H3. The van der Waals surface area contributed by atoms with Gasteiger partial charge in [-0.1, -0.05) is 35.9 Å². The predicted octanol–water partition coefficient (Wildman–Crippen LogP) is 5.05. The molecule has 0 fully saturated rings. The number of benzene rings is 2. The van der Waals surface area contributed by atoms with Crippen molar-refractivity contribution in [3.63, 3.8) is 0 Å². The number of rotatable bonds is 2. The molecule has 0 amide bonds. The second-order valence-electron chi connectivity index (χ2n) is 4.60. The van der Waals surface area contributed by atoms with E-state index in [1.54, 1.807) is 24.3 Å². The van der Waals surface area contributed by atoms with Gasteiger partial charge in [-0.3, -0.25) is 0 Å². The summed E-state index contributed by atoms with van der Waals surface area (Å²) in [6, 6.07) is 10.2. The Morgan fingerprint density at radius 1 is 1.05 bits per heavy atom. The van der Waals surface area contributed by atoms with Crippen molar-refractivity contribution in [1.82, 2.24) is 0 Å². The lowest BCUT2D eigenvalue weighted by molar-refractivity contribution is -0.137. The summed E-state index contributed by atoms with van der Waals surface area (Å²) >= 11 is 5.99. The van der Waals surface area contributed by atoms with Crippen molar-refractivity contribution in [2.24, 2.45) is 5.73 Å². The van der Waals surface area contributed by atoms with E-state index in [1.165, 1.54) is 6.07 Å². The van der Waals surface area contributed by atoms with E-state index in [1.807, 2.05) is 6.92 Å². The lowest BCUT2D eigenvalue weighted by Gasteiger charge is -2.12. The van der Waals surface area contributed by atoms with Gasteiger partial charge in [0, 0.05) is 16.6 Å². The lowest BCUT2D eigenvalue weighted by atomic mass is 10.00. The number of nitrogens with two attached hydrogens (primary N) is 1. The molecule has 2 N–H and O–H groups in total. The Bertz CT molecular complexity index is 604. The van der Waals surface area contributed by atoms with Crippen LogP contribution in [0.3, 0.4) is 0 Å². The van der Waals surface area contributed by atoms with Gasteiger partial charge >= 0.3 is 6.18 Å². The molecule has 0 saturated heterocycles. The molecular weight excluding hydrogens is 287 g/mol. The van der Waals surface area contributed by atoms with Crippen LogP contribution in [0.4, 0.5) is 13.2 Å². The highest BCUT2D eigenvalue weighted by molar-refractivity contribution is 6.33. The fourth-order valence-corrected chi connectivity index (χ4v) is 2.12. The minimum absolute atomic E-state index is 0.124. The summed E-state index contributed by atoms with van der Waals surface area (Å²) in [5.41, 5.74) is 6.93. The smallest absolute Gasteiger partial charge is 0.324 e. The van der Waals surface area contributed by atoms with Crippen LogP contribution in [-0.2, 0) is 6.18 Å². The molecule has 5 heteroatoms. The first-order chi connectivity index (χ1) is 9.29. The van der Waals surface area contributed by atoms with Gasteiger partial charge in [0.2, 0.25) is 0 Å². The van der Waals surface area contributed by atoms with Gasteiger partial charge in [0.1, 0.15) is 0 Å². The molecule has 1 unspecified atom stereocenters. The molecule has 0 aliphatic heterocycles. The van der Waals surface area contributed by atoms with Gasteiger partial charge in [0.15, 0.2) is 0 Å². The molecule has 0 spiro atoms. The van der Waals surface area contributed by atoms with E-state index in [2.05, 4.69) is 0 Å². The van der Waals surface area contributed by atoms with Crippen molar-refractivity contribution in [3.8, 4) is 11.1 Å². The zero-order chi connectivity index (χ0) is 14.9. The van der Waals surface area contributed by atoms with E-state index in [0.717, 1.165) is 17.7 Å². The van der Waals surface area contributed by atoms with Crippen molar-refractivity contribution in [1.29, 1.82) is 0 Å². The average molecular weight is 300 g/mol. The molecule has 0 aliphatic carbocycles. The van der Waals surface area contributed by atoms with E-state index in [-0.39, 0.29) is 11.1 Å². The minimum Gasteiger partial charge on any atom is -0.324 e. The molecule has 0 saturated carbocycles. The quantitative estimate of drug-likeness (QED) is 0.825. The summed E-state index contributed by atoms with van der Waals surface area (Å²) in [7, 11) is 0. The Balaban J connectivity index is 2.46. The van der Waals surface area contributed by atoms with E-state index in [9.17, 15) is 13.2 Å². The maximum Gasteiger partial charge on any atom is 0.416 e. The fourth-order valence-electron chi connectivity index (χ4n) is 1.89. The second kappa shape index (κ2) is 5.46. The first-order valence-electron chi connectivity index (χ1n) is 6.01. The Hall–Kier alpha value is -1.52. The van der Waals surface area contributed by atoms with Crippen LogP contribution in [0.2, 0.25) is 5.02 Å². The lowest BCUT2D eigenvalue weighted by Crippen LogP contribution is -2.05. The number of alkyl halides is 3. The SMILES string of the molecule is CC(N)c1ccc(-c2cc(C(F)(F)F)ccc2Cl)cc1. The van der Waals surface area contributed by atoms with Crippen molar-refractivity contribution >= 4 is 11.6 Å². The van der Waals surface area contributed by atoms with Gasteiger partial charge in [0.05, 0.1) is 5.56 Å². The van der Waals surface area contributed by atoms with Crippen LogP contribution in [0.1, 0.15) is 24.1 Å². The van der Waals surface area contributed by atoms with Gasteiger partial charge in [-0.25, -0.2) is 0 Å². The summed E-state index contributed by atoms with van der Waals surface area (Å²) < 4.78 is 38.2. The van der Waals surface area contributed by atoms with Crippen LogP contribution in [0.15, 0.2) is 42.5 Å². The molecular formula is C15H13ClF3N. The van der Waals surface area contributed by atoms with Crippen LogP contribution in [0.25, 0.3) is 11.1 Å². The van der Waals surface area contributed by atoms with E-state index < -0.39 is 11.7 Å². The van der Waals surface area contributed by atoms with Crippen molar-refractivity contribution < 1.29 is 13.2 Å². The highest BCUT2D eigenvalue weighted by Gasteiger charge is 2.31. The molecule has 0 aromatic heterocycles. The monoisotopic (exact) mass is 299 g/mol. The molecule has 1 nitrogen and oxygen atoms in total. The maximum absolute atomic E-state index is 12.7. The zero-order valence-electron chi connectivity index (χ0n) is 10.7. The number of halogens is 4. The van der Waals surface area contributed by atoms with Gasteiger partial charge in [-0.15, -0.1) is 0 Å². The summed E-state index contributed by atoms with van der Waals surface area (Å²) in [6.07, 6.45) is -4.38. The maximum atomic E-state index is 12.7. The van der Waals surface area contributed by atoms with Gasteiger partial charge < -0.3 is 5.73 Å². The van der Waals surface area contributed by atoms with Crippen LogP contribution in [-0.4, -0.2) is 0 Å². The first kappa shape index (κ1) is 14.9. The Morgan fingerprint density at radius 2 is 1.65 bits per heavy atom. The zero-order valence-corrected chi connectivity index (χ0v) is 11.5. The predicted molar refractivity (Wildman–Crippen MR) is 74.5 cm³/mol. The van der Waals surface area contributed by atoms with Crippen LogP contribution >= 0.6 is 11.6 Å². The highest BCUT2D eigenvalue weighted by atomic mass is 35.5. The molecule has 2 aromatic rings. The first-order valence-corrected chi connectivity index (χ1v) is 6.39. The molecule has 2 rings (SSSR count). The van der Waals surface area contributed by atoms with Crippen LogP contribution < -0.4 is 5.73 Å². The Kier molecular flexibility index (Phi) is 4.06. The van der Waals surface area contributed by atoms with Crippen LogP contribution in [0, 0.1) is 0 Å². The highest BCUT2D eigenvalue weighted by Crippen LogP contribution is 2.36. The molecule has 0 aliphatic rings. The molecule has 106 valence electrons. The van der Waals surface area contributed by atoms with Crippen molar-refractivity contribution in [2.75, 3.05) is 0 Å². The topological polar surface area (TPSA) is 26.0 Å². The molecule has 0 bridgehead atoms. The van der Waals surface area contributed by atoms with E-state index >= 15 is 0 Å². The summed E-state index contributed by atoms with van der Waals surface area (Å²) in [5.74, 6) is 0. The average Bonchev–Trinajstić information content (AvgIpc) is 2.38. The van der Waals surface area contributed by atoms with E-state index in [0.29, 0.717) is 11.1 Å². The molecule has 2 aromatic carbocycles. The fraction of sp³-hybridized carbons (Fsp3) is 0.200. The second-order valence-corrected chi connectivity index (χ2v) is 5.01. The molecule has 1 atom stereocenters. The summed E-state index contributed by atoms with van der Waals surface area (Å²) in [6.45, 7) is 1.84. The Labute approximate surface area is 120 Å². The van der Waals surface area contributed by atoms with Gasteiger partial charge in [-0.2, -0.15) is 13.2 Å². The third-order valence-corrected chi connectivity index (χ3v) is 3.37. The van der Waals surface area contributed by atoms with Crippen molar-refractivity contribution in [2.45, 2.75) is 19.1 Å². The largest absolute Gasteiger partial charge is 0.416 e. The summed E-state index contributed by atoms with van der Waals surface area (Å²) in [4.78, 5) is 0. The molecule has 20 heavy (non-hydrogen) atoms.